The molecule has 0 aliphatic carbocycles. The summed E-state index contributed by atoms with van der Waals surface area (Å²) in [6, 6.07) is 9.56. The van der Waals surface area contributed by atoms with E-state index in [-0.39, 0.29) is 12.2 Å². The molecule has 0 radical (unpaired) electrons. The molecule has 0 saturated carbocycles. The van der Waals surface area contributed by atoms with E-state index in [2.05, 4.69) is 25.6 Å². The van der Waals surface area contributed by atoms with Crippen LogP contribution in [0.3, 0.4) is 0 Å². The number of carbonyl (C=O) groups is 1. The first-order chi connectivity index (χ1) is 13.3. The van der Waals surface area contributed by atoms with Crippen molar-refractivity contribution < 1.29 is 18.0 Å². The van der Waals surface area contributed by atoms with E-state index >= 15 is 0 Å². The number of pyridine rings is 1. The molecule has 9 heteroatoms. The lowest BCUT2D eigenvalue weighted by molar-refractivity contribution is -0.137. The van der Waals surface area contributed by atoms with Gasteiger partial charge in [-0.25, -0.2) is 9.97 Å². The van der Waals surface area contributed by atoms with Gasteiger partial charge in [0.05, 0.1) is 5.56 Å². The number of carbonyl (C=O) groups excluding carboxylic acids is 1. The number of aryl methyl sites for hydroxylation is 1. The number of benzene rings is 1. The molecular weight excluding hydrogens is 371 g/mol. The molecule has 2 heterocycles. The van der Waals surface area contributed by atoms with Crippen molar-refractivity contribution in [1.82, 2.24) is 20.3 Å². The van der Waals surface area contributed by atoms with Gasteiger partial charge in [-0.1, -0.05) is 6.07 Å². The number of rotatable bonds is 5. The fraction of sp³-hybridized carbons (Fsp3) is 0.158. The maximum Gasteiger partial charge on any atom is 0.416 e. The van der Waals surface area contributed by atoms with Crippen molar-refractivity contribution in [3.63, 3.8) is 0 Å². The highest BCUT2D eigenvalue weighted by atomic mass is 19.4. The van der Waals surface area contributed by atoms with Gasteiger partial charge in [-0.15, -0.1) is 0 Å². The number of hydrogen-bond donors (Lipinski definition) is 2. The van der Waals surface area contributed by atoms with Gasteiger partial charge in [0, 0.05) is 30.7 Å². The molecule has 6 nitrogen and oxygen atoms in total. The summed E-state index contributed by atoms with van der Waals surface area (Å²) in [5.41, 5.74) is 0.649. The fourth-order valence-electron chi connectivity index (χ4n) is 2.41. The first-order valence-electron chi connectivity index (χ1n) is 8.28. The lowest BCUT2D eigenvalue weighted by atomic mass is 10.2. The molecule has 0 fully saturated rings. The minimum Gasteiger partial charge on any atom is -0.347 e. The molecule has 0 spiro atoms. The van der Waals surface area contributed by atoms with Crippen LogP contribution in [0.5, 0.6) is 0 Å². The zero-order valence-electron chi connectivity index (χ0n) is 14.8. The van der Waals surface area contributed by atoms with Gasteiger partial charge < -0.3 is 10.6 Å². The van der Waals surface area contributed by atoms with Gasteiger partial charge in [-0.3, -0.25) is 9.78 Å². The molecular formula is C19H16F3N5O. The Morgan fingerprint density at radius 3 is 2.50 bits per heavy atom. The average molecular weight is 387 g/mol. The Bertz CT molecular complexity index is 960. The third-order valence-electron chi connectivity index (χ3n) is 3.73. The normalized spacial score (nSPS) is 11.1. The van der Waals surface area contributed by atoms with Crippen molar-refractivity contribution in [3.05, 3.63) is 77.5 Å². The van der Waals surface area contributed by atoms with Gasteiger partial charge in [0.15, 0.2) is 0 Å². The minimum absolute atomic E-state index is 0.144. The van der Waals surface area contributed by atoms with E-state index in [0.717, 1.165) is 17.7 Å². The third kappa shape index (κ3) is 5.03. The highest BCUT2D eigenvalue weighted by Crippen LogP contribution is 2.30. The number of hydrogen-bond acceptors (Lipinski definition) is 5. The molecule has 0 aliphatic heterocycles. The molecule has 144 valence electrons. The van der Waals surface area contributed by atoms with Crippen LogP contribution in [0.4, 0.5) is 24.7 Å². The standard InChI is InChI=1S/C19H16F3N5O/c1-12-25-16(18(28)24-11-13-3-2-8-23-10-13)9-17(26-12)27-15-6-4-14(5-7-15)19(20,21)22/h2-10H,11H2,1H3,(H,24,28)(H,25,26,27). The Labute approximate surface area is 158 Å². The average Bonchev–Trinajstić information content (AvgIpc) is 2.66. The Hall–Kier alpha value is -3.49. The van der Waals surface area contributed by atoms with E-state index in [9.17, 15) is 18.0 Å². The molecule has 28 heavy (non-hydrogen) atoms. The van der Waals surface area contributed by atoms with Crippen molar-refractivity contribution >= 4 is 17.4 Å². The fourth-order valence-corrected chi connectivity index (χ4v) is 2.41. The molecule has 0 atom stereocenters. The predicted octanol–water partition coefficient (Wildman–Crippen LogP) is 3.87. The van der Waals surface area contributed by atoms with Crippen LogP contribution in [0, 0.1) is 6.92 Å². The van der Waals surface area contributed by atoms with Crippen molar-refractivity contribution in [2.45, 2.75) is 19.6 Å². The Kier molecular flexibility index (Phi) is 5.53. The molecule has 0 bridgehead atoms. The van der Waals surface area contributed by atoms with Crippen LogP contribution in [-0.4, -0.2) is 20.9 Å². The number of halogens is 3. The molecule has 0 unspecified atom stereocenters. The summed E-state index contributed by atoms with van der Waals surface area (Å²) in [6.07, 6.45) is -1.12. The van der Waals surface area contributed by atoms with Crippen molar-refractivity contribution in [3.8, 4) is 0 Å². The summed E-state index contributed by atoms with van der Waals surface area (Å²) in [5.74, 6) is 0.257. The number of aromatic nitrogens is 3. The van der Waals surface area contributed by atoms with Crippen LogP contribution in [0.15, 0.2) is 54.9 Å². The number of nitrogens with one attached hydrogen (secondary N) is 2. The highest BCUT2D eigenvalue weighted by molar-refractivity contribution is 5.93. The summed E-state index contributed by atoms with van der Waals surface area (Å²) in [7, 11) is 0. The van der Waals surface area contributed by atoms with Crippen molar-refractivity contribution in [2.75, 3.05) is 5.32 Å². The summed E-state index contributed by atoms with van der Waals surface area (Å²) in [4.78, 5) is 24.6. The summed E-state index contributed by atoms with van der Waals surface area (Å²) in [6.45, 7) is 1.91. The Morgan fingerprint density at radius 1 is 1.11 bits per heavy atom. The maximum absolute atomic E-state index is 12.6. The van der Waals surface area contributed by atoms with E-state index in [4.69, 9.17) is 0 Å². The molecule has 2 aromatic heterocycles. The van der Waals surface area contributed by atoms with E-state index < -0.39 is 17.6 Å². The zero-order valence-corrected chi connectivity index (χ0v) is 14.8. The quantitative estimate of drug-likeness (QED) is 0.695. The molecule has 1 aromatic carbocycles. The van der Waals surface area contributed by atoms with Gasteiger partial charge >= 0.3 is 6.18 Å². The van der Waals surface area contributed by atoms with Crippen LogP contribution in [0.2, 0.25) is 0 Å². The highest BCUT2D eigenvalue weighted by Gasteiger charge is 2.29. The van der Waals surface area contributed by atoms with Gasteiger partial charge in [0.2, 0.25) is 0 Å². The topological polar surface area (TPSA) is 79.8 Å². The molecule has 1 amide bonds. The third-order valence-corrected chi connectivity index (χ3v) is 3.73. The lowest BCUT2D eigenvalue weighted by Gasteiger charge is -2.11. The van der Waals surface area contributed by atoms with Crippen LogP contribution in [-0.2, 0) is 12.7 Å². The van der Waals surface area contributed by atoms with E-state index in [1.54, 1.807) is 25.4 Å². The molecule has 2 N–H and O–H groups in total. The largest absolute Gasteiger partial charge is 0.416 e. The van der Waals surface area contributed by atoms with Crippen LogP contribution in [0.1, 0.15) is 27.4 Å². The predicted molar refractivity (Wildman–Crippen MR) is 96.9 cm³/mol. The second-order valence-electron chi connectivity index (χ2n) is 5.93. The van der Waals surface area contributed by atoms with Crippen molar-refractivity contribution in [1.29, 1.82) is 0 Å². The smallest absolute Gasteiger partial charge is 0.347 e. The summed E-state index contributed by atoms with van der Waals surface area (Å²) < 4.78 is 37.9. The number of alkyl halides is 3. The summed E-state index contributed by atoms with van der Waals surface area (Å²) >= 11 is 0. The first-order valence-corrected chi connectivity index (χ1v) is 8.28. The van der Waals surface area contributed by atoms with Gasteiger partial charge in [-0.05, 0) is 42.8 Å². The summed E-state index contributed by atoms with van der Waals surface area (Å²) in [5, 5.41) is 5.62. The van der Waals surface area contributed by atoms with E-state index in [1.165, 1.54) is 18.2 Å². The zero-order chi connectivity index (χ0) is 20.1. The molecule has 3 rings (SSSR count). The number of amides is 1. The SMILES string of the molecule is Cc1nc(Nc2ccc(C(F)(F)F)cc2)cc(C(=O)NCc2cccnc2)n1. The van der Waals surface area contributed by atoms with Gasteiger partial charge in [0.1, 0.15) is 17.3 Å². The van der Waals surface area contributed by atoms with Gasteiger partial charge in [0.25, 0.3) is 5.91 Å². The van der Waals surface area contributed by atoms with E-state index in [1.807, 2.05) is 6.07 Å². The molecule has 0 aliphatic rings. The second-order valence-corrected chi connectivity index (χ2v) is 5.93. The molecule has 0 saturated heterocycles. The van der Waals surface area contributed by atoms with Gasteiger partial charge in [-0.2, -0.15) is 13.2 Å². The van der Waals surface area contributed by atoms with Crippen molar-refractivity contribution in [2.24, 2.45) is 0 Å². The second kappa shape index (κ2) is 8.03. The first kappa shape index (κ1) is 19.3. The number of nitrogens with zero attached hydrogens (tertiary/aromatic N) is 3. The minimum atomic E-state index is -4.40. The van der Waals surface area contributed by atoms with E-state index in [0.29, 0.717) is 17.3 Å². The lowest BCUT2D eigenvalue weighted by Crippen LogP contribution is -2.24. The monoisotopic (exact) mass is 387 g/mol. The Morgan fingerprint density at radius 2 is 1.86 bits per heavy atom. The number of anilines is 2. The molecule has 3 aromatic rings. The maximum atomic E-state index is 12.6. The van der Waals surface area contributed by atoms with Crippen LogP contribution < -0.4 is 10.6 Å². The Balaban J connectivity index is 1.71. The van der Waals surface area contributed by atoms with Crippen LogP contribution >= 0.6 is 0 Å². The van der Waals surface area contributed by atoms with Crippen LogP contribution in [0.25, 0.3) is 0 Å².